The Morgan fingerprint density at radius 1 is 1.38 bits per heavy atom. The van der Waals surface area contributed by atoms with E-state index >= 15 is 0 Å². The number of hydrogen-bond donors (Lipinski definition) is 1. The average molecular weight is 262 g/mol. The van der Waals surface area contributed by atoms with Crippen molar-refractivity contribution < 1.29 is 9.90 Å². The van der Waals surface area contributed by atoms with Crippen LogP contribution in [-0.2, 0) is 4.79 Å². The highest BCUT2D eigenvalue weighted by molar-refractivity contribution is 6.42. The van der Waals surface area contributed by atoms with Gasteiger partial charge in [-0.25, -0.2) is 0 Å². The van der Waals surface area contributed by atoms with E-state index in [-0.39, 0.29) is 0 Å². The standard InChI is InChI=1S/C11H13Cl2NO2/c1-14(2)6-8(11(15)16)7-3-4-9(12)10(13)5-7/h3-5,8H,6H2,1-2H3,(H,15,16). The van der Waals surface area contributed by atoms with Gasteiger partial charge < -0.3 is 10.0 Å². The van der Waals surface area contributed by atoms with Gasteiger partial charge in [-0.1, -0.05) is 29.3 Å². The van der Waals surface area contributed by atoms with Crippen LogP contribution in [0.3, 0.4) is 0 Å². The molecular formula is C11H13Cl2NO2. The third-order valence-electron chi connectivity index (χ3n) is 2.19. The molecule has 3 nitrogen and oxygen atoms in total. The van der Waals surface area contributed by atoms with Gasteiger partial charge in [0.15, 0.2) is 0 Å². The van der Waals surface area contributed by atoms with Gasteiger partial charge in [-0.3, -0.25) is 4.79 Å². The quantitative estimate of drug-likeness (QED) is 0.906. The van der Waals surface area contributed by atoms with Gasteiger partial charge in [0.1, 0.15) is 0 Å². The molecular weight excluding hydrogens is 249 g/mol. The monoisotopic (exact) mass is 261 g/mol. The topological polar surface area (TPSA) is 40.5 Å². The molecule has 0 amide bonds. The zero-order chi connectivity index (χ0) is 12.3. The maximum atomic E-state index is 11.1. The molecule has 88 valence electrons. The van der Waals surface area contributed by atoms with Crippen LogP contribution in [0.25, 0.3) is 0 Å². The number of aliphatic carboxylic acids is 1. The minimum atomic E-state index is -0.868. The third kappa shape index (κ3) is 3.37. The molecule has 0 fully saturated rings. The van der Waals surface area contributed by atoms with E-state index in [0.29, 0.717) is 22.2 Å². The van der Waals surface area contributed by atoms with Crippen molar-refractivity contribution in [1.82, 2.24) is 4.90 Å². The maximum Gasteiger partial charge on any atom is 0.312 e. The van der Waals surface area contributed by atoms with Crippen LogP contribution in [0.1, 0.15) is 11.5 Å². The van der Waals surface area contributed by atoms with Crippen LogP contribution < -0.4 is 0 Å². The lowest BCUT2D eigenvalue weighted by atomic mass is 9.99. The number of rotatable bonds is 4. The molecule has 0 saturated carbocycles. The minimum absolute atomic E-state index is 0.379. The van der Waals surface area contributed by atoms with Gasteiger partial charge in [-0.05, 0) is 31.8 Å². The first-order valence-corrected chi connectivity index (χ1v) is 5.50. The molecule has 1 rings (SSSR count). The van der Waals surface area contributed by atoms with Crippen molar-refractivity contribution in [1.29, 1.82) is 0 Å². The fourth-order valence-corrected chi connectivity index (χ4v) is 1.73. The molecule has 0 radical (unpaired) electrons. The van der Waals surface area contributed by atoms with Crippen LogP contribution in [-0.4, -0.2) is 36.6 Å². The summed E-state index contributed by atoms with van der Waals surface area (Å²) in [5.74, 6) is -1.46. The lowest BCUT2D eigenvalue weighted by Gasteiger charge is -2.17. The lowest BCUT2D eigenvalue weighted by Crippen LogP contribution is -2.26. The summed E-state index contributed by atoms with van der Waals surface area (Å²) in [5, 5.41) is 9.94. The summed E-state index contributed by atoms with van der Waals surface area (Å²) < 4.78 is 0. The number of carbonyl (C=O) groups is 1. The third-order valence-corrected chi connectivity index (χ3v) is 2.93. The normalized spacial score (nSPS) is 12.8. The summed E-state index contributed by atoms with van der Waals surface area (Å²) >= 11 is 11.6. The Balaban J connectivity index is 3.01. The number of nitrogens with zero attached hydrogens (tertiary/aromatic N) is 1. The second kappa shape index (κ2) is 5.53. The fourth-order valence-electron chi connectivity index (χ4n) is 1.42. The van der Waals surface area contributed by atoms with E-state index in [1.807, 2.05) is 19.0 Å². The summed E-state index contributed by atoms with van der Waals surface area (Å²) in [6, 6.07) is 4.91. The first-order chi connectivity index (χ1) is 7.41. The summed E-state index contributed by atoms with van der Waals surface area (Å²) in [5.41, 5.74) is 0.663. The van der Waals surface area contributed by atoms with Crippen molar-refractivity contribution in [3.63, 3.8) is 0 Å². The molecule has 1 unspecified atom stereocenters. The SMILES string of the molecule is CN(C)CC(C(=O)O)c1ccc(Cl)c(Cl)c1. The molecule has 16 heavy (non-hydrogen) atoms. The van der Waals surface area contributed by atoms with Crippen molar-refractivity contribution >= 4 is 29.2 Å². The summed E-state index contributed by atoms with van der Waals surface area (Å²) in [7, 11) is 3.65. The van der Waals surface area contributed by atoms with Gasteiger partial charge in [-0.2, -0.15) is 0 Å². The Morgan fingerprint density at radius 3 is 2.44 bits per heavy atom. The number of carboxylic acid groups (broad SMARTS) is 1. The number of benzene rings is 1. The molecule has 0 saturated heterocycles. The molecule has 1 aromatic rings. The van der Waals surface area contributed by atoms with Crippen LogP contribution >= 0.6 is 23.2 Å². The Kier molecular flexibility index (Phi) is 4.59. The number of carboxylic acids is 1. The molecule has 0 heterocycles. The lowest BCUT2D eigenvalue weighted by molar-refractivity contribution is -0.139. The summed E-state index contributed by atoms with van der Waals surface area (Å²) in [6.45, 7) is 0.424. The Labute approximate surface area is 105 Å². The molecule has 0 aromatic heterocycles. The van der Waals surface area contributed by atoms with Crippen LogP contribution in [0.15, 0.2) is 18.2 Å². The fraction of sp³-hybridized carbons (Fsp3) is 0.364. The molecule has 0 spiro atoms. The van der Waals surface area contributed by atoms with E-state index in [1.54, 1.807) is 18.2 Å². The Morgan fingerprint density at radius 2 is 2.00 bits per heavy atom. The highest BCUT2D eigenvalue weighted by Crippen LogP contribution is 2.27. The van der Waals surface area contributed by atoms with Gasteiger partial charge in [0.25, 0.3) is 0 Å². The minimum Gasteiger partial charge on any atom is -0.481 e. The summed E-state index contributed by atoms with van der Waals surface area (Å²) in [4.78, 5) is 12.9. The van der Waals surface area contributed by atoms with Crippen molar-refractivity contribution in [3.05, 3.63) is 33.8 Å². The van der Waals surface area contributed by atoms with Crippen molar-refractivity contribution in [2.75, 3.05) is 20.6 Å². The van der Waals surface area contributed by atoms with Gasteiger partial charge in [0.05, 0.1) is 16.0 Å². The smallest absolute Gasteiger partial charge is 0.312 e. The number of hydrogen-bond acceptors (Lipinski definition) is 2. The first kappa shape index (κ1) is 13.3. The largest absolute Gasteiger partial charge is 0.481 e. The van der Waals surface area contributed by atoms with Gasteiger partial charge in [-0.15, -0.1) is 0 Å². The van der Waals surface area contributed by atoms with Crippen molar-refractivity contribution in [2.45, 2.75) is 5.92 Å². The van der Waals surface area contributed by atoms with Crippen LogP contribution in [0, 0.1) is 0 Å². The molecule has 0 aliphatic heterocycles. The zero-order valence-corrected chi connectivity index (χ0v) is 10.6. The number of halogens is 2. The molecule has 0 aliphatic carbocycles. The van der Waals surface area contributed by atoms with E-state index < -0.39 is 11.9 Å². The highest BCUT2D eigenvalue weighted by Gasteiger charge is 2.21. The van der Waals surface area contributed by atoms with E-state index in [0.717, 1.165) is 0 Å². The van der Waals surface area contributed by atoms with E-state index in [1.165, 1.54) is 0 Å². The van der Waals surface area contributed by atoms with E-state index in [2.05, 4.69) is 0 Å². The summed E-state index contributed by atoms with van der Waals surface area (Å²) in [6.07, 6.45) is 0. The second-order valence-corrected chi connectivity index (χ2v) is 4.64. The maximum absolute atomic E-state index is 11.1. The predicted octanol–water partition coefficient (Wildman–Crippen LogP) is 2.72. The van der Waals surface area contributed by atoms with Crippen LogP contribution in [0.4, 0.5) is 0 Å². The van der Waals surface area contributed by atoms with Gasteiger partial charge >= 0.3 is 5.97 Å². The van der Waals surface area contributed by atoms with Crippen molar-refractivity contribution in [3.8, 4) is 0 Å². The van der Waals surface area contributed by atoms with E-state index in [9.17, 15) is 4.79 Å². The molecule has 1 atom stereocenters. The van der Waals surface area contributed by atoms with Crippen molar-refractivity contribution in [2.24, 2.45) is 0 Å². The Bertz CT molecular complexity index is 394. The molecule has 1 aromatic carbocycles. The average Bonchev–Trinajstić information content (AvgIpc) is 2.18. The molecule has 5 heteroatoms. The van der Waals surface area contributed by atoms with Crippen LogP contribution in [0.2, 0.25) is 10.0 Å². The van der Waals surface area contributed by atoms with E-state index in [4.69, 9.17) is 28.3 Å². The predicted molar refractivity (Wildman–Crippen MR) is 65.4 cm³/mol. The second-order valence-electron chi connectivity index (χ2n) is 3.83. The zero-order valence-electron chi connectivity index (χ0n) is 9.08. The molecule has 0 aliphatic rings. The van der Waals surface area contributed by atoms with Gasteiger partial charge in [0.2, 0.25) is 0 Å². The van der Waals surface area contributed by atoms with Gasteiger partial charge in [0, 0.05) is 6.54 Å². The first-order valence-electron chi connectivity index (χ1n) is 4.74. The molecule has 0 bridgehead atoms. The number of likely N-dealkylation sites (N-methyl/N-ethyl adjacent to an activating group) is 1. The highest BCUT2D eigenvalue weighted by atomic mass is 35.5. The molecule has 1 N–H and O–H groups in total. The Hall–Kier alpha value is -0.770. The van der Waals surface area contributed by atoms with Crippen LogP contribution in [0.5, 0.6) is 0 Å².